The Labute approximate surface area is 287 Å². The first-order valence-electron chi connectivity index (χ1n) is 16.3. The van der Waals surface area contributed by atoms with Crippen molar-refractivity contribution < 1.29 is 27.1 Å². The van der Waals surface area contributed by atoms with Crippen molar-refractivity contribution >= 4 is 23.4 Å². The van der Waals surface area contributed by atoms with Gasteiger partial charge in [-0.25, -0.2) is 24.1 Å². The molecule has 4 heterocycles. The van der Waals surface area contributed by atoms with Crippen LogP contribution in [0.5, 0.6) is 11.6 Å². The Morgan fingerprint density at radius 3 is 2.38 bits per heavy atom. The van der Waals surface area contributed by atoms with Crippen molar-refractivity contribution in [3.63, 3.8) is 0 Å². The van der Waals surface area contributed by atoms with Gasteiger partial charge >= 0.3 is 12.2 Å². The zero-order valence-corrected chi connectivity index (χ0v) is 27.8. The zero-order chi connectivity index (χ0) is 35.3. The minimum atomic E-state index is -4.57. The van der Waals surface area contributed by atoms with Gasteiger partial charge in [0, 0.05) is 82.0 Å². The van der Waals surface area contributed by atoms with Crippen LogP contribution >= 0.6 is 0 Å². The van der Waals surface area contributed by atoms with Crippen molar-refractivity contribution in [2.45, 2.75) is 31.4 Å². The van der Waals surface area contributed by atoms with E-state index in [4.69, 9.17) is 4.74 Å². The van der Waals surface area contributed by atoms with Crippen LogP contribution in [0.2, 0.25) is 0 Å². The Morgan fingerprint density at radius 1 is 0.900 bits per heavy atom. The molecule has 2 saturated heterocycles. The number of benzene rings is 2. The van der Waals surface area contributed by atoms with Crippen LogP contribution in [0.25, 0.3) is 11.3 Å². The van der Waals surface area contributed by atoms with E-state index in [1.54, 1.807) is 48.8 Å². The molecule has 4 aromatic rings. The molecule has 0 unspecified atom stereocenters. The molecule has 3 N–H and O–H groups in total. The second-order valence-corrected chi connectivity index (χ2v) is 12.7. The van der Waals surface area contributed by atoms with Gasteiger partial charge in [-0.05, 0) is 74.3 Å². The normalized spacial score (nSPS) is 19.2. The molecule has 50 heavy (non-hydrogen) atoms. The van der Waals surface area contributed by atoms with E-state index in [1.165, 1.54) is 12.1 Å². The van der Waals surface area contributed by atoms with Gasteiger partial charge in [-0.15, -0.1) is 0 Å². The molecule has 6 rings (SSSR count). The van der Waals surface area contributed by atoms with Crippen LogP contribution in [0.3, 0.4) is 0 Å². The number of nitrogens with one attached hydrogen (secondary N) is 3. The topological polar surface area (TPSA) is 111 Å². The average Bonchev–Trinajstić information content (AvgIpc) is 3.07. The van der Waals surface area contributed by atoms with E-state index in [9.17, 15) is 22.4 Å². The summed E-state index contributed by atoms with van der Waals surface area (Å²) in [6, 6.07) is 14.8. The Morgan fingerprint density at radius 2 is 1.64 bits per heavy atom. The van der Waals surface area contributed by atoms with Gasteiger partial charge in [0.1, 0.15) is 11.9 Å². The number of rotatable bonds is 9. The predicted molar refractivity (Wildman–Crippen MR) is 183 cm³/mol. The maximum atomic E-state index is 14.1. The summed E-state index contributed by atoms with van der Waals surface area (Å²) < 4.78 is 62.1. The summed E-state index contributed by atoms with van der Waals surface area (Å²) in [5.41, 5.74) is 0.986. The number of amides is 2. The highest BCUT2D eigenvalue weighted by molar-refractivity contribution is 5.99. The van der Waals surface area contributed by atoms with Crippen molar-refractivity contribution in [1.82, 2.24) is 29.7 Å². The minimum Gasteiger partial charge on any atom is -0.438 e. The number of halogens is 4. The summed E-state index contributed by atoms with van der Waals surface area (Å²) in [6.45, 7) is 4.22. The molecule has 2 aromatic heterocycles. The molecule has 0 spiro atoms. The van der Waals surface area contributed by atoms with Gasteiger partial charge < -0.3 is 30.5 Å². The molecule has 2 aliphatic rings. The summed E-state index contributed by atoms with van der Waals surface area (Å²) in [4.78, 5) is 32.1. The van der Waals surface area contributed by atoms with Gasteiger partial charge in [0.2, 0.25) is 11.8 Å². The number of carbonyl (C=O) groups excluding carboxylic acids is 1. The molecule has 264 valence electrons. The van der Waals surface area contributed by atoms with Gasteiger partial charge in [-0.2, -0.15) is 13.2 Å². The fourth-order valence-corrected chi connectivity index (χ4v) is 6.09. The molecular formula is C35H39F4N9O2. The fraction of sp³-hybridized carbons (Fsp3) is 0.371. The summed E-state index contributed by atoms with van der Waals surface area (Å²) in [5.74, 6) is 1.08. The number of urea groups is 1. The number of likely N-dealkylation sites (N-methyl/N-ethyl adjacent to an activating group) is 2. The molecule has 2 aromatic carbocycles. The quantitative estimate of drug-likeness (QED) is 0.177. The van der Waals surface area contributed by atoms with Gasteiger partial charge in [0.15, 0.2) is 0 Å². The number of piperazine rings is 1. The van der Waals surface area contributed by atoms with Gasteiger partial charge in [0.05, 0.1) is 16.8 Å². The van der Waals surface area contributed by atoms with Gasteiger partial charge in [0.25, 0.3) is 0 Å². The molecule has 11 nitrogen and oxygen atoms in total. The summed E-state index contributed by atoms with van der Waals surface area (Å²) in [7, 11) is 3.86. The average molecular weight is 694 g/mol. The van der Waals surface area contributed by atoms with Crippen LogP contribution in [0.4, 0.5) is 39.7 Å². The fourth-order valence-electron chi connectivity index (χ4n) is 6.09. The zero-order valence-electron chi connectivity index (χ0n) is 27.8. The first-order chi connectivity index (χ1) is 24.0. The largest absolute Gasteiger partial charge is 0.438 e. The number of piperidine rings is 1. The van der Waals surface area contributed by atoms with E-state index < -0.39 is 23.9 Å². The van der Waals surface area contributed by atoms with Crippen LogP contribution in [-0.2, 0) is 12.7 Å². The smallest absolute Gasteiger partial charge is 0.416 e. The summed E-state index contributed by atoms with van der Waals surface area (Å²) in [6.07, 6.45) is -1.93. The number of nitrogens with zero attached hydrogens (tertiary/aromatic N) is 6. The first-order valence-corrected chi connectivity index (χ1v) is 16.3. The van der Waals surface area contributed by atoms with E-state index in [2.05, 4.69) is 35.8 Å². The molecule has 15 heteroatoms. The van der Waals surface area contributed by atoms with E-state index >= 15 is 0 Å². The maximum Gasteiger partial charge on any atom is 0.416 e. The monoisotopic (exact) mass is 693 g/mol. The van der Waals surface area contributed by atoms with Gasteiger partial charge in [-0.1, -0.05) is 6.07 Å². The minimum absolute atomic E-state index is 0.0281. The lowest BCUT2D eigenvalue weighted by molar-refractivity contribution is -0.138. The van der Waals surface area contributed by atoms with E-state index in [0.29, 0.717) is 61.2 Å². The third-order valence-electron chi connectivity index (χ3n) is 8.61. The molecule has 0 bridgehead atoms. The van der Waals surface area contributed by atoms with Crippen LogP contribution in [0.1, 0.15) is 17.5 Å². The molecule has 2 amide bonds. The van der Waals surface area contributed by atoms with Crippen LogP contribution < -0.4 is 20.7 Å². The Bertz CT molecular complexity index is 1760. The summed E-state index contributed by atoms with van der Waals surface area (Å²) >= 11 is 0. The molecule has 2 atom stereocenters. The Kier molecular flexibility index (Phi) is 10.7. The number of anilines is 3. The number of alkyl halides is 4. The SMILES string of the molecule is CN1CCN(Cc2ccc(NC(=O)Nc3ccc(Oc4ncccc4-c4ccnc(N[C@H]5C[C@H](F)CN(C)C5)n4)cc3)cc2C(F)(F)F)CC1. The number of pyridine rings is 1. The highest BCUT2D eigenvalue weighted by atomic mass is 19.4. The third-order valence-corrected chi connectivity index (χ3v) is 8.61. The standard InChI is InChI=1S/C35H39F4N9O2/c1-46-14-16-48(17-15-46)20-23-5-6-26(19-30(23)35(37,38)39)44-34(49)43-25-7-9-28(10-8-25)50-32-29(4-3-12-40-32)31-11-13-41-33(45-31)42-27-18-24(36)21-47(2)22-27/h3-13,19,24,27H,14-18,20-22H2,1-2H3,(H,41,42,45)(H2,43,44,49)/t24-,27-/m0/s1. The third kappa shape index (κ3) is 9.22. The molecule has 0 radical (unpaired) electrons. The second kappa shape index (κ2) is 15.4. The first kappa shape index (κ1) is 35.0. The Hall–Kier alpha value is -4.86. The lowest BCUT2D eigenvalue weighted by Gasteiger charge is -2.33. The molecule has 0 saturated carbocycles. The number of hydrogen-bond donors (Lipinski definition) is 3. The number of likely N-dealkylation sites (tertiary alicyclic amines) is 1. The lowest BCUT2D eigenvalue weighted by Crippen LogP contribution is -2.45. The van der Waals surface area contributed by atoms with Crippen molar-refractivity contribution in [2.24, 2.45) is 0 Å². The summed E-state index contributed by atoms with van der Waals surface area (Å²) in [5, 5.41) is 8.37. The van der Waals surface area contributed by atoms with E-state index in [1.807, 2.05) is 30.0 Å². The molecule has 2 fully saturated rings. The number of hydrogen-bond acceptors (Lipinski definition) is 9. The Balaban J connectivity index is 1.08. The number of aromatic nitrogens is 3. The molecule has 0 aliphatic carbocycles. The second-order valence-electron chi connectivity index (χ2n) is 12.7. The van der Waals surface area contributed by atoms with Crippen molar-refractivity contribution in [3.05, 3.63) is 84.2 Å². The van der Waals surface area contributed by atoms with Crippen LogP contribution in [0, 0.1) is 0 Å². The highest BCUT2D eigenvalue weighted by Crippen LogP contribution is 2.35. The van der Waals surface area contributed by atoms with Crippen molar-refractivity contribution in [3.8, 4) is 22.9 Å². The molecule has 2 aliphatic heterocycles. The van der Waals surface area contributed by atoms with Crippen LogP contribution in [0.15, 0.2) is 73.1 Å². The highest BCUT2D eigenvalue weighted by Gasteiger charge is 2.34. The van der Waals surface area contributed by atoms with E-state index in [0.717, 1.165) is 19.2 Å². The predicted octanol–water partition coefficient (Wildman–Crippen LogP) is 6.20. The van der Waals surface area contributed by atoms with Gasteiger partial charge in [-0.3, -0.25) is 4.90 Å². The maximum absolute atomic E-state index is 14.1. The van der Waals surface area contributed by atoms with Crippen molar-refractivity contribution in [2.75, 3.05) is 69.3 Å². The van der Waals surface area contributed by atoms with Crippen molar-refractivity contribution in [1.29, 1.82) is 0 Å². The lowest BCUT2D eigenvalue weighted by atomic mass is 10.0. The van der Waals surface area contributed by atoms with Crippen LogP contribution in [-0.4, -0.2) is 101 Å². The van der Waals surface area contributed by atoms with E-state index in [-0.39, 0.29) is 29.7 Å². The molecular weight excluding hydrogens is 654 g/mol. The number of ether oxygens (including phenoxy) is 1. The number of carbonyl (C=O) groups is 1.